The highest BCUT2D eigenvalue weighted by atomic mass is 79.9. The van der Waals surface area contributed by atoms with E-state index >= 15 is 0 Å². The van der Waals surface area contributed by atoms with Gasteiger partial charge >= 0.3 is 0 Å². The van der Waals surface area contributed by atoms with Crippen LogP contribution in [0.3, 0.4) is 0 Å². The molecule has 0 aliphatic heterocycles. The van der Waals surface area contributed by atoms with Crippen LogP contribution in [0.2, 0.25) is 0 Å². The van der Waals surface area contributed by atoms with Gasteiger partial charge in [0.15, 0.2) is 0 Å². The summed E-state index contributed by atoms with van der Waals surface area (Å²) in [4.78, 5) is 12.0. The van der Waals surface area contributed by atoms with E-state index in [0.29, 0.717) is 12.4 Å². The summed E-state index contributed by atoms with van der Waals surface area (Å²) < 4.78 is 0.988. The molecule has 0 aliphatic carbocycles. The van der Waals surface area contributed by atoms with Crippen LogP contribution in [0.15, 0.2) is 28.7 Å². The van der Waals surface area contributed by atoms with Crippen molar-refractivity contribution >= 4 is 21.8 Å². The number of nitrogens with two attached hydrogens (primary N) is 1. The average molecular weight is 296 g/mol. The number of hydrogen-bond acceptors (Lipinski definition) is 4. The summed E-state index contributed by atoms with van der Waals surface area (Å²) in [5.74, 6) is 0.148. The highest BCUT2D eigenvalue weighted by Gasteiger charge is 2.06. The van der Waals surface area contributed by atoms with Gasteiger partial charge < -0.3 is 5.73 Å². The lowest BCUT2D eigenvalue weighted by atomic mass is 10.2. The Morgan fingerprint density at radius 2 is 2.06 bits per heavy atom. The van der Waals surface area contributed by atoms with Crippen molar-refractivity contribution in [3.8, 4) is 11.4 Å². The summed E-state index contributed by atoms with van der Waals surface area (Å²) in [6.45, 7) is 0.346. The van der Waals surface area contributed by atoms with E-state index in [9.17, 15) is 4.79 Å². The van der Waals surface area contributed by atoms with Crippen molar-refractivity contribution < 1.29 is 4.79 Å². The Kier molecular flexibility index (Phi) is 3.48. The minimum absolute atomic E-state index is 0.205. The molecule has 0 fully saturated rings. The van der Waals surface area contributed by atoms with E-state index in [0.717, 1.165) is 10.0 Å². The molecule has 0 saturated carbocycles. The van der Waals surface area contributed by atoms with E-state index in [2.05, 4.69) is 31.3 Å². The fourth-order valence-corrected chi connectivity index (χ4v) is 1.53. The van der Waals surface area contributed by atoms with Crippen molar-refractivity contribution in [1.82, 2.24) is 20.2 Å². The van der Waals surface area contributed by atoms with Crippen LogP contribution in [-0.4, -0.2) is 26.1 Å². The average Bonchev–Trinajstić information content (AvgIpc) is 2.76. The van der Waals surface area contributed by atoms with Crippen molar-refractivity contribution in [2.45, 2.75) is 13.0 Å². The second-order valence-corrected chi connectivity index (χ2v) is 4.35. The monoisotopic (exact) mass is 295 g/mol. The highest BCUT2D eigenvalue weighted by Crippen LogP contribution is 2.17. The second kappa shape index (κ2) is 5.05. The van der Waals surface area contributed by atoms with Gasteiger partial charge in [0.05, 0.1) is 6.54 Å². The van der Waals surface area contributed by atoms with E-state index in [1.807, 2.05) is 24.3 Å². The summed E-state index contributed by atoms with van der Waals surface area (Å²) >= 11 is 3.35. The van der Waals surface area contributed by atoms with Gasteiger partial charge in [-0.3, -0.25) is 4.79 Å². The first-order valence-electron chi connectivity index (χ1n) is 4.97. The molecule has 7 heteroatoms. The number of primary amides is 1. The number of carbonyl (C=O) groups is 1. The number of amides is 1. The molecule has 88 valence electrons. The lowest BCUT2D eigenvalue weighted by molar-refractivity contribution is -0.118. The molecule has 0 radical (unpaired) electrons. The van der Waals surface area contributed by atoms with Crippen LogP contribution >= 0.6 is 15.9 Å². The van der Waals surface area contributed by atoms with E-state index in [-0.39, 0.29) is 12.3 Å². The normalized spacial score (nSPS) is 10.4. The Labute approximate surface area is 106 Å². The van der Waals surface area contributed by atoms with Gasteiger partial charge in [0, 0.05) is 16.5 Å². The largest absolute Gasteiger partial charge is 0.370 e. The molecule has 1 amide bonds. The van der Waals surface area contributed by atoms with Crippen molar-refractivity contribution in [2.75, 3.05) is 0 Å². The number of halogens is 1. The lowest BCUT2D eigenvalue weighted by Crippen LogP contribution is -2.15. The molecule has 17 heavy (non-hydrogen) atoms. The van der Waals surface area contributed by atoms with Gasteiger partial charge in [-0.15, -0.1) is 10.2 Å². The number of carbonyl (C=O) groups excluding carboxylic acids is 1. The molecule has 1 aromatic carbocycles. The molecular formula is C10H10BrN5O. The number of aryl methyl sites for hydroxylation is 1. The van der Waals surface area contributed by atoms with Gasteiger partial charge in [0.2, 0.25) is 11.7 Å². The molecular weight excluding hydrogens is 286 g/mol. The second-order valence-electron chi connectivity index (χ2n) is 3.43. The van der Waals surface area contributed by atoms with Crippen molar-refractivity contribution in [3.05, 3.63) is 28.7 Å². The number of benzene rings is 1. The third-order valence-corrected chi connectivity index (χ3v) is 2.64. The Bertz CT molecular complexity index is 522. The molecule has 0 unspecified atom stereocenters. The molecule has 0 saturated heterocycles. The third kappa shape index (κ3) is 3.10. The molecule has 2 aromatic rings. The summed E-state index contributed by atoms with van der Waals surface area (Å²) in [5, 5.41) is 11.9. The fourth-order valence-electron chi connectivity index (χ4n) is 1.26. The van der Waals surface area contributed by atoms with Crippen molar-refractivity contribution in [3.63, 3.8) is 0 Å². The zero-order chi connectivity index (χ0) is 12.3. The van der Waals surface area contributed by atoms with E-state index in [4.69, 9.17) is 5.73 Å². The van der Waals surface area contributed by atoms with E-state index in [1.165, 1.54) is 4.80 Å². The maximum Gasteiger partial charge on any atom is 0.219 e. The first kappa shape index (κ1) is 11.7. The highest BCUT2D eigenvalue weighted by molar-refractivity contribution is 9.10. The number of aromatic nitrogens is 4. The first-order valence-corrected chi connectivity index (χ1v) is 5.76. The minimum Gasteiger partial charge on any atom is -0.370 e. The van der Waals surface area contributed by atoms with Crippen LogP contribution in [0.1, 0.15) is 6.42 Å². The zero-order valence-corrected chi connectivity index (χ0v) is 10.5. The molecule has 1 aromatic heterocycles. The lowest BCUT2D eigenvalue weighted by Gasteiger charge is -1.95. The van der Waals surface area contributed by atoms with Crippen LogP contribution in [0.25, 0.3) is 11.4 Å². The summed E-state index contributed by atoms with van der Waals surface area (Å²) in [6, 6.07) is 7.58. The summed E-state index contributed by atoms with van der Waals surface area (Å²) in [6.07, 6.45) is 0.205. The topological polar surface area (TPSA) is 86.7 Å². The Morgan fingerprint density at radius 3 is 2.71 bits per heavy atom. The van der Waals surface area contributed by atoms with Crippen LogP contribution in [0, 0.1) is 0 Å². The Morgan fingerprint density at radius 1 is 1.35 bits per heavy atom. The molecule has 1 heterocycles. The van der Waals surface area contributed by atoms with Crippen molar-refractivity contribution in [2.24, 2.45) is 5.73 Å². The molecule has 0 bridgehead atoms. The van der Waals surface area contributed by atoms with Gasteiger partial charge in [-0.2, -0.15) is 4.80 Å². The van der Waals surface area contributed by atoms with E-state index < -0.39 is 0 Å². The van der Waals surface area contributed by atoms with Crippen LogP contribution in [0.5, 0.6) is 0 Å². The van der Waals surface area contributed by atoms with Gasteiger partial charge in [-0.25, -0.2) is 0 Å². The fraction of sp³-hybridized carbons (Fsp3) is 0.200. The van der Waals surface area contributed by atoms with Crippen LogP contribution < -0.4 is 5.73 Å². The Hall–Kier alpha value is -1.76. The maximum atomic E-state index is 10.6. The maximum absolute atomic E-state index is 10.6. The van der Waals surface area contributed by atoms with Crippen LogP contribution in [-0.2, 0) is 11.3 Å². The SMILES string of the molecule is NC(=O)CCn1nnc(-c2ccc(Br)cc2)n1. The molecule has 2 rings (SSSR count). The van der Waals surface area contributed by atoms with Gasteiger partial charge in [-0.1, -0.05) is 15.9 Å². The molecule has 0 spiro atoms. The predicted octanol–water partition coefficient (Wildman–Crippen LogP) is 0.978. The smallest absolute Gasteiger partial charge is 0.219 e. The number of hydrogen-bond donors (Lipinski definition) is 1. The standard InChI is InChI=1S/C10H10BrN5O/c11-8-3-1-7(2-4-8)10-13-15-16(14-10)6-5-9(12)17/h1-4H,5-6H2,(H2,12,17). The molecule has 2 N–H and O–H groups in total. The number of tetrazole rings is 1. The molecule has 6 nitrogen and oxygen atoms in total. The zero-order valence-electron chi connectivity index (χ0n) is 8.88. The third-order valence-electron chi connectivity index (χ3n) is 2.11. The molecule has 0 aliphatic rings. The van der Waals surface area contributed by atoms with Gasteiger partial charge in [-0.05, 0) is 29.5 Å². The first-order chi connectivity index (χ1) is 8.15. The van der Waals surface area contributed by atoms with Crippen molar-refractivity contribution in [1.29, 1.82) is 0 Å². The summed E-state index contributed by atoms with van der Waals surface area (Å²) in [5.41, 5.74) is 5.92. The number of nitrogens with zero attached hydrogens (tertiary/aromatic N) is 4. The Balaban J connectivity index is 2.12. The van der Waals surface area contributed by atoms with Crippen LogP contribution in [0.4, 0.5) is 0 Å². The molecule has 0 atom stereocenters. The van der Waals surface area contributed by atoms with E-state index in [1.54, 1.807) is 0 Å². The predicted molar refractivity (Wildman–Crippen MR) is 64.8 cm³/mol. The van der Waals surface area contributed by atoms with Gasteiger partial charge in [0.25, 0.3) is 0 Å². The number of rotatable bonds is 4. The summed E-state index contributed by atoms with van der Waals surface area (Å²) in [7, 11) is 0. The minimum atomic E-state index is -0.382. The van der Waals surface area contributed by atoms with Gasteiger partial charge in [0.1, 0.15) is 0 Å². The quantitative estimate of drug-likeness (QED) is 0.911.